The number of allylic oxidation sites excluding steroid dienone is 3. The Bertz CT molecular complexity index is 948. The van der Waals surface area contributed by atoms with Crippen molar-refractivity contribution >= 4 is 12.2 Å². The monoisotopic (exact) mass is 340 g/mol. The minimum absolute atomic E-state index is 0.0207. The lowest BCUT2D eigenvalue weighted by atomic mass is 9.80. The van der Waals surface area contributed by atoms with Crippen LogP contribution in [0.15, 0.2) is 61.7 Å². The molecule has 0 aliphatic heterocycles. The number of rotatable bonds is 5. The fourth-order valence-electron chi connectivity index (χ4n) is 4.23. The van der Waals surface area contributed by atoms with Crippen molar-refractivity contribution in [3.8, 4) is 11.1 Å². The van der Waals surface area contributed by atoms with Crippen molar-refractivity contribution in [2.24, 2.45) is 0 Å². The smallest absolute Gasteiger partial charge is 0.0159 e. The lowest BCUT2D eigenvalue weighted by Gasteiger charge is -2.23. The van der Waals surface area contributed by atoms with Crippen molar-refractivity contribution in [3.05, 3.63) is 95.1 Å². The molecule has 26 heavy (non-hydrogen) atoms. The van der Waals surface area contributed by atoms with Crippen LogP contribution in [0.3, 0.4) is 0 Å². The quantitative estimate of drug-likeness (QED) is 0.502. The Labute approximate surface area is 158 Å². The summed E-state index contributed by atoms with van der Waals surface area (Å²) in [6, 6.07) is 9.24. The van der Waals surface area contributed by atoms with E-state index in [4.69, 9.17) is 0 Å². The number of aryl methyl sites for hydroxylation is 1. The molecule has 0 atom stereocenters. The lowest BCUT2D eigenvalue weighted by molar-refractivity contribution is 0.658. The van der Waals surface area contributed by atoms with Crippen molar-refractivity contribution < 1.29 is 0 Å². The fraction of sp³-hybridized carbons (Fsp3) is 0.231. The van der Waals surface area contributed by atoms with Crippen molar-refractivity contribution in [2.75, 3.05) is 0 Å². The minimum atomic E-state index is -0.0207. The molecule has 2 aromatic rings. The topological polar surface area (TPSA) is 0 Å². The van der Waals surface area contributed by atoms with Crippen LogP contribution in [0.1, 0.15) is 54.2 Å². The molecule has 2 aromatic carbocycles. The Hall–Kier alpha value is -2.60. The van der Waals surface area contributed by atoms with Crippen LogP contribution in [-0.2, 0) is 11.8 Å². The van der Waals surface area contributed by atoms with Gasteiger partial charge in [-0.15, -0.1) is 0 Å². The summed E-state index contributed by atoms with van der Waals surface area (Å²) in [4.78, 5) is 0. The van der Waals surface area contributed by atoms with Crippen molar-refractivity contribution in [2.45, 2.75) is 39.5 Å². The first-order chi connectivity index (χ1) is 12.4. The Morgan fingerprint density at radius 3 is 2.27 bits per heavy atom. The van der Waals surface area contributed by atoms with Gasteiger partial charge in [0.2, 0.25) is 0 Å². The molecule has 132 valence electrons. The zero-order chi connectivity index (χ0) is 19.1. The molecular weight excluding hydrogens is 312 g/mol. The lowest BCUT2D eigenvalue weighted by Crippen LogP contribution is -2.16. The first-order valence-electron chi connectivity index (χ1n) is 9.23. The van der Waals surface area contributed by atoms with E-state index in [1.54, 1.807) is 0 Å². The third kappa shape index (κ3) is 2.61. The number of hydrogen-bond acceptors (Lipinski definition) is 0. The Morgan fingerprint density at radius 2 is 1.69 bits per heavy atom. The highest BCUT2D eigenvalue weighted by Crippen LogP contribution is 2.52. The van der Waals surface area contributed by atoms with Crippen LogP contribution >= 0.6 is 0 Å². The Kier molecular flexibility index (Phi) is 4.63. The van der Waals surface area contributed by atoms with Gasteiger partial charge in [-0.25, -0.2) is 0 Å². The van der Waals surface area contributed by atoms with Gasteiger partial charge < -0.3 is 0 Å². The molecule has 0 bridgehead atoms. The largest absolute Gasteiger partial charge is 0.0988 e. The average Bonchev–Trinajstić information content (AvgIpc) is 2.85. The molecule has 0 saturated heterocycles. The molecule has 0 amide bonds. The molecule has 0 spiro atoms. The molecule has 0 N–H and O–H groups in total. The van der Waals surface area contributed by atoms with Gasteiger partial charge >= 0.3 is 0 Å². The normalized spacial score (nSPS) is 14.5. The van der Waals surface area contributed by atoms with E-state index in [1.165, 1.54) is 50.1 Å². The van der Waals surface area contributed by atoms with Crippen LogP contribution in [-0.4, -0.2) is 0 Å². The maximum absolute atomic E-state index is 4.09. The van der Waals surface area contributed by atoms with Gasteiger partial charge in [0, 0.05) is 5.41 Å². The number of hydrogen-bond donors (Lipinski definition) is 0. The van der Waals surface area contributed by atoms with E-state index in [1.807, 2.05) is 18.2 Å². The summed E-state index contributed by atoms with van der Waals surface area (Å²) in [6.45, 7) is 20.9. The summed E-state index contributed by atoms with van der Waals surface area (Å²) in [5.41, 5.74) is 11.7. The van der Waals surface area contributed by atoms with Crippen molar-refractivity contribution in [1.82, 2.24) is 0 Å². The summed E-state index contributed by atoms with van der Waals surface area (Å²) in [6.07, 6.45) is 8.94. The van der Waals surface area contributed by atoms with Gasteiger partial charge in [-0.3, -0.25) is 0 Å². The van der Waals surface area contributed by atoms with Crippen LogP contribution in [0.2, 0.25) is 0 Å². The summed E-state index contributed by atoms with van der Waals surface area (Å²) >= 11 is 0. The van der Waals surface area contributed by atoms with Crippen LogP contribution < -0.4 is 0 Å². The zero-order valence-corrected chi connectivity index (χ0v) is 16.4. The van der Waals surface area contributed by atoms with Crippen LogP contribution in [0.25, 0.3) is 23.3 Å². The summed E-state index contributed by atoms with van der Waals surface area (Å²) in [5.74, 6) is 0. The van der Waals surface area contributed by atoms with Gasteiger partial charge in [0.1, 0.15) is 0 Å². The first-order valence-corrected chi connectivity index (χ1v) is 9.23. The van der Waals surface area contributed by atoms with Crippen molar-refractivity contribution in [1.29, 1.82) is 0 Å². The van der Waals surface area contributed by atoms with Crippen LogP contribution in [0.4, 0.5) is 0 Å². The van der Waals surface area contributed by atoms with Gasteiger partial charge in [0.05, 0.1) is 0 Å². The zero-order valence-electron chi connectivity index (χ0n) is 16.4. The third-order valence-corrected chi connectivity index (χ3v) is 5.76. The molecular formula is C26H28. The third-order valence-electron chi connectivity index (χ3n) is 5.76. The molecule has 0 nitrogen and oxygen atoms in total. The molecule has 0 heteroatoms. The van der Waals surface area contributed by atoms with E-state index >= 15 is 0 Å². The van der Waals surface area contributed by atoms with Gasteiger partial charge in [-0.1, -0.05) is 82.2 Å². The van der Waals surface area contributed by atoms with Gasteiger partial charge in [0.25, 0.3) is 0 Å². The molecule has 0 unspecified atom stereocenters. The summed E-state index contributed by atoms with van der Waals surface area (Å²) in [5, 5.41) is 0. The van der Waals surface area contributed by atoms with Gasteiger partial charge in [-0.2, -0.15) is 0 Å². The highest BCUT2D eigenvalue weighted by Gasteiger charge is 2.37. The Balaban J connectivity index is 2.26. The van der Waals surface area contributed by atoms with E-state index in [0.717, 1.165) is 6.42 Å². The summed E-state index contributed by atoms with van der Waals surface area (Å²) in [7, 11) is 0. The summed E-state index contributed by atoms with van der Waals surface area (Å²) < 4.78 is 0. The molecule has 0 heterocycles. The average molecular weight is 341 g/mol. The van der Waals surface area contributed by atoms with E-state index in [9.17, 15) is 0 Å². The second-order valence-corrected chi connectivity index (χ2v) is 7.60. The van der Waals surface area contributed by atoms with Crippen molar-refractivity contribution in [3.63, 3.8) is 0 Å². The fourth-order valence-corrected chi connectivity index (χ4v) is 4.23. The van der Waals surface area contributed by atoms with Gasteiger partial charge in [0.15, 0.2) is 0 Å². The number of fused-ring (bicyclic) bond motifs is 3. The molecule has 1 aliphatic carbocycles. The molecule has 3 rings (SSSR count). The van der Waals surface area contributed by atoms with Gasteiger partial charge in [-0.05, 0) is 70.3 Å². The predicted octanol–water partition coefficient (Wildman–Crippen LogP) is 7.26. The highest BCUT2D eigenvalue weighted by atomic mass is 14.4. The maximum atomic E-state index is 4.09. The van der Waals surface area contributed by atoms with E-state index in [-0.39, 0.29) is 5.41 Å². The highest BCUT2D eigenvalue weighted by molar-refractivity contribution is 5.91. The van der Waals surface area contributed by atoms with Crippen LogP contribution in [0, 0.1) is 6.92 Å². The Morgan fingerprint density at radius 1 is 1.00 bits per heavy atom. The number of benzene rings is 2. The minimum Gasteiger partial charge on any atom is -0.0988 e. The predicted molar refractivity (Wildman–Crippen MR) is 117 cm³/mol. The molecule has 0 fully saturated rings. The van der Waals surface area contributed by atoms with E-state index < -0.39 is 0 Å². The first kappa shape index (κ1) is 18.2. The standard InChI is InChI=1S/C26H28/c1-8-18(9-2)15-19-12-13-22-23(16-19)26(6,7)24-14-17(5)20(10-3)21(11-4)25(22)24/h8-14,16H,1,3-4,15H2,2,5-7H3/b18-9+. The maximum Gasteiger partial charge on any atom is 0.0159 e. The van der Waals surface area contributed by atoms with Crippen LogP contribution in [0.5, 0.6) is 0 Å². The molecule has 0 radical (unpaired) electrons. The van der Waals surface area contributed by atoms with E-state index in [0.29, 0.717) is 0 Å². The second-order valence-electron chi connectivity index (χ2n) is 7.60. The molecule has 0 saturated carbocycles. The molecule has 0 aromatic heterocycles. The second kappa shape index (κ2) is 6.61. The van der Waals surface area contributed by atoms with E-state index in [2.05, 4.69) is 77.8 Å². The SMILES string of the molecule is C=C/C(=C\C)Cc1ccc2c(c1)C(C)(C)c1cc(C)c(C=C)c(C=C)c1-2. The molecule has 1 aliphatic rings.